The van der Waals surface area contributed by atoms with E-state index >= 15 is 0 Å². The van der Waals surface area contributed by atoms with Crippen LogP contribution in [-0.2, 0) is 12.8 Å². The molecule has 51 heavy (non-hydrogen) atoms. The van der Waals surface area contributed by atoms with E-state index < -0.39 is 0 Å². The lowest BCUT2D eigenvalue weighted by molar-refractivity contribution is 0.320. The lowest BCUT2D eigenvalue weighted by Crippen LogP contribution is -2.07. The van der Waals surface area contributed by atoms with E-state index in [0.29, 0.717) is 46.0 Å². The first-order chi connectivity index (χ1) is 25.0. The minimum Gasteiger partial charge on any atom is -0.493 e. The summed E-state index contributed by atoms with van der Waals surface area (Å²) in [5, 5.41) is 15.3. The van der Waals surface area contributed by atoms with Crippen molar-refractivity contribution in [2.45, 2.75) is 19.8 Å². The second kappa shape index (κ2) is 15.7. The fourth-order valence-corrected chi connectivity index (χ4v) is 5.32. The van der Waals surface area contributed by atoms with Crippen molar-refractivity contribution in [3.05, 3.63) is 143 Å². The van der Waals surface area contributed by atoms with E-state index in [2.05, 4.69) is 60.1 Å². The number of hydrogen-bond acceptors (Lipinski definition) is 10. The monoisotopic (exact) mass is 714 g/mol. The Labute approximate surface area is 304 Å². The molecule has 0 aliphatic heterocycles. The summed E-state index contributed by atoms with van der Waals surface area (Å²) < 4.78 is 11.6. The van der Waals surface area contributed by atoms with Gasteiger partial charge in [0.15, 0.2) is 5.76 Å². The van der Waals surface area contributed by atoms with Crippen LogP contribution in [0.25, 0.3) is 22.6 Å². The van der Waals surface area contributed by atoms with Crippen LogP contribution in [0.2, 0.25) is 10.0 Å². The lowest BCUT2D eigenvalue weighted by Gasteiger charge is -2.12. The second-order valence-electron chi connectivity index (χ2n) is 11.5. The molecular weight excluding hydrogens is 683 g/mol. The SMILES string of the molecule is CCc1ccc(CCOc2ccc(-c3cc(-c4ccc(Nc5nc(Nc6ccc(Cl)cc6)nc(Nc6ccc(Cl)cc6)n5)cc4)no3)cc2)nc1. The molecule has 0 atom stereocenters. The fourth-order valence-electron chi connectivity index (χ4n) is 5.07. The van der Waals surface area contributed by atoms with Gasteiger partial charge in [0.25, 0.3) is 0 Å². The molecule has 0 saturated heterocycles. The standard InChI is InChI=1S/C39H32Cl2N8O2/c1-2-25-3-12-30(42-24-25)21-22-50-34-19-6-27(7-20-34)36-23-35(49-51-36)26-4-13-31(14-5-26)43-37-46-38(44-32-15-8-28(40)9-16-32)48-39(47-37)45-33-17-10-29(41)11-18-33/h3-20,23-24H,2,21-22H2,1H3,(H3,43,44,45,46,47,48). The first-order valence-corrected chi connectivity index (χ1v) is 17.0. The molecule has 0 aliphatic rings. The highest BCUT2D eigenvalue weighted by molar-refractivity contribution is 6.30. The van der Waals surface area contributed by atoms with Crippen molar-refractivity contribution in [3.63, 3.8) is 0 Å². The Morgan fingerprint density at radius 2 is 1.16 bits per heavy atom. The van der Waals surface area contributed by atoms with Gasteiger partial charge in [-0.05, 0) is 103 Å². The maximum Gasteiger partial charge on any atom is 0.233 e. The number of hydrogen-bond donors (Lipinski definition) is 3. The number of benzene rings is 4. The van der Waals surface area contributed by atoms with Crippen molar-refractivity contribution >= 4 is 58.1 Å². The number of nitrogens with one attached hydrogen (secondary N) is 3. The first kappa shape index (κ1) is 33.5. The van der Waals surface area contributed by atoms with E-state index in [-0.39, 0.29) is 0 Å². The Bertz CT molecular complexity index is 2130. The Hall–Kier alpha value is -5.97. The Kier molecular flexibility index (Phi) is 10.3. The quantitative estimate of drug-likeness (QED) is 0.106. The summed E-state index contributed by atoms with van der Waals surface area (Å²) >= 11 is 12.1. The molecule has 4 aromatic carbocycles. The molecule has 7 aromatic rings. The van der Waals surface area contributed by atoms with Gasteiger partial charge in [0.2, 0.25) is 17.8 Å². The van der Waals surface area contributed by atoms with Crippen molar-refractivity contribution in [2.24, 2.45) is 0 Å². The molecule has 3 heterocycles. The lowest BCUT2D eigenvalue weighted by atomic mass is 10.1. The van der Waals surface area contributed by atoms with E-state index in [9.17, 15) is 0 Å². The van der Waals surface area contributed by atoms with Crippen LogP contribution in [0.15, 0.2) is 126 Å². The number of anilines is 6. The number of ether oxygens (including phenoxy) is 1. The zero-order valence-electron chi connectivity index (χ0n) is 27.5. The Morgan fingerprint density at radius 3 is 1.67 bits per heavy atom. The van der Waals surface area contributed by atoms with Crippen LogP contribution in [0.5, 0.6) is 5.75 Å². The normalized spacial score (nSPS) is 10.9. The van der Waals surface area contributed by atoms with Crippen LogP contribution >= 0.6 is 23.2 Å². The van der Waals surface area contributed by atoms with Gasteiger partial charge in [0, 0.05) is 62.6 Å². The van der Waals surface area contributed by atoms with Gasteiger partial charge < -0.3 is 25.2 Å². The zero-order chi connectivity index (χ0) is 35.0. The predicted octanol–water partition coefficient (Wildman–Crippen LogP) is 10.3. The molecule has 0 aliphatic carbocycles. The Morgan fingerprint density at radius 1 is 0.627 bits per heavy atom. The number of nitrogens with zero attached hydrogens (tertiary/aromatic N) is 5. The van der Waals surface area contributed by atoms with Gasteiger partial charge in [-0.2, -0.15) is 15.0 Å². The van der Waals surface area contributed by atoms with Gasteiger partial charge >= 0.3 is 0 Å². The molecule has 3 N–H and O–H groups in total. The highest BCUT2D eigenvalue weighted by Gasteiger charge is 2.12. The van der Waals surface area contributed by atoms with E-state index in [1.165, 1.54) is 5.56 Å². The van der Waals surface area contributed by atoms with Crippen LogP contribution in [0.3, 0.4) is 0 Å². The smallest absolute Gasteiger partial charge is 0.233 e. The third-order valence-corrected chi connectivity index (χ3v) is 8.35. The van der Waals surface area contributed by atoms with Crippen molar-refractivity contribution in [2.75, 3.05) is 22.6 Å². The molecule has 0 bridgehead atoms. The van der Waals surface area contributed by atoms with Crippen LogP contribution in [-0.4, -0.2) is 31.7 Å². The maximum absolute atomic E-state index is 6.06. The molecule has 10 nitrogen and oxygen atoms in total. The van der Waals surface area contributed by atoms with Gasteiger partial charge in [-0.1, -0.05) is 53.5 Å². The van der Waals surface area contributed by atoms with Gasteiger partial charge in [0.05, 0.1) is 6.61 Å². The molecule has 0 saturated carbocycles. The number of halogens is 2. The van der Waals surface area contributed by atoms with E-state index in [0.717, 1.165) is 52.5 Å². The third kappa shape index (κ3) is 8.99. The molecule has 0 amide bonds. The summed E-state index contributed by atoms with van der Waals surface area (Å²) in [5.41, 5.74) is 7.07. The van der Waals surface area contributed by atoms with Gasteiger partial charge in [-0.3, -0.25) is 4.98 Å². The minimum atomic E-state index is 0.337. The highest BCUT2D eigenvalue weighted by atomic mass is 35.5. The molecule has 3 aromatic heterocycles. The van der Waals surface area contributed by atoms with Crippen molar-refractivity contribution in [3.8, 4) is 28.3 Å². The van der Waals surface area contributed by atoms with Crippen LogP contribution < -0.4 is 20.7 Å². The van der Waals surface area contributed by atoms with E-state index in [4.69, 9.17) is 32.5 Å². The van der Waals surface area contributed by atoms with Gasteiger partial charge in [0.1, 0.15) is 11.4 Å². The van der Waals surface area contributed by atoms with Crippen LogP contribution in [0, 0.1) is 0 Å². The molecule has 0 unspecified atom stereocenters. The van der Waals surface area contributed by atoms with Crippen molar-refractivity contribution < 1.29 is 9.26 Å². The summed E-state index contributed by atoms with van der Waals surface area (Å²) in [5.74, 6) is 2.46. The second-order valence-corrected chi connectivity index (χ2v) is 12.4. The zero-order valence-corrected chi connectivity index (χ0v) is 29.0. The average Bonchev–Trinajstić information content (AvgIpc) is 3.65. The topological polar surface area (TPSA) is 123 Å². The van der Waals surface area contributed by atoms with Crippen LogP contribution in [0.4, 0.5) is 34.9 Å². The third-order valence-electron chi connectivity index (χ3n) is 7.84. The molecular formula is C39H32Cl2N8O2. The van der Waals surface area contributed by atoms with Crippen molar-refractivity contribution in [1.82, 2.24) is 25.1 Å². The summed E-state index contributed by atoms with van der Waals surface area (Å²) in [6.45, 7) is 2.67. The molecule has 0 fully saturated rings. The molecule has 0 spiro atoms. The number of rotatable bonds is 13. The largest absolute Gasteiger partial charge is 0.493 e. The first-order valence-electron chi connectivity index (χ1n) is 16.3. The summed E-state index contributed by atoms with van der Waals surface area (Å²) in [6, 6.07) is 36.1. The van der Waals surface area contributed by atoms with Crippen LogP contribution in [0.1, 0.15) is 18.2 Å². The fraction of sp³-hybridized carbons (Fsp3) is 0.103. The van der Waals surface area contributed by atoms with Gasteiger partial charge in [-0.15, -0.1) is 0 Å². The number of pyridine rings is 1. The number of aryl methyl sites for hydroxylation is 1. The van der Waals surface area contributed by atoms with Gasteiger partial charge in [-0.25, -0.2) is 0 Å². The summed E-state index contributed by atoms with van der Waals surface area (Å²) in [6.07, 6.45) is 3.65. The van der Waals surface area contributed by atoms with E-state index in [1.807, 2.05) is 85.1 Å². The summed E-state index contributed by atoms with van der Waals surface area (Å²) in [7, 11) is 0. The Balaban J connectivity index is 1.00. The van der Waals surface area contributed by atoms with Crippen molar-refractivity contribution in [1.29, 1.82) is 0 Å². The maximum atomic E-state index is 6.06. The molecule has 12 heteroatoms. The molecule has 7 rings (SSSR count). The molecule has 0 radical (unpaired) electrons. The minimum absolute atomic E-state index is 0.337. The number of aromatic nitrogens is 5. The summed E-state index contributed by atoms with van der Waals surface area (Å²) in [4.78, 5) is 18.2. The predicted molar refractivity (Wildman–Crippen MR) is 203 cm³/mol. The van der Waals surface area contributed by atoms with E-state index in [1.54, 1.807) is 24.3 Å². The highest BCUT2D eigenvalue weighted by Crippen LogP contribution is 2.29. The average molecular weight is 716 g/mol. The molecule has 254 valence electrons.